The number of Topliss-reactive ketones (excluding diaryl/α,β-unsaturated/α-hetero) is 1. The van der Waals surface area contributed by atoms with Gasteiger partial charge in [0, 0.05) is 12.3 Å². The van der Waals surface area contributed by atoms with Crippen LogP contribution in [0, 0.1) is 5.92 Å². The Morgan fingerprint density at radius 3 is 2.71 bits per heavy atom. The Labute approximate surface area is 126 Å². The quantitative estimate of drug-likeness (QED) is 0.646. The van der Waals surface area contributed by atoms with Crippen molar-refractivity contribution in [2.45, 2.75) is 31.4 Å². The summed E-state index contributed by atoms with van der Waals surface area (Å²) in [5.74, 6) is -1.39. The number of ether oxygens (including phenoxy) is 1. The molecule has 1 fully saturated rings. The van der Waals surface area contributed by atoms with Crippen molar-refractivity contribution in [3.63, 3.8) is 0 Å². The lowest BCUT2D eigenvalue weighted by Crippen LogP contribution is -2.35. The normalized spacial score (nSPS) is 22.0. The minimum absolute atomic E-state index is 0.135. The van der Waals surface area contributed by atoms with Gasteiger partial charge in [-0.1, -0.05) is 6.42 Å². The van der Waals surface area contributed by atoms with Crippen molar-refractivity contribution < 1.29 is 22.7 Å². The molecule has 0 saturated heterocycles. The number of nitrogens with zero attached hydrogens (tertiary/aromatic N) is 1. The smallest absolute Gasteiger partial charge is 0.310 e. The number of thiazole rings is 1. The molecule has 21 heavy (non-hydrogen) atoms. The zero-order valence-corrected chi connectivity index (χ0v) is 13.3. The van der Waals surface area contributed by atoms with Gasteiger partial charge >= 0.3 is 5.97 Å². The second kappa shape index (κ2) is 6.10. The second-order valence-corrected chi connectivity index (χ2v) is 7.60. The maximum atomic E-state index is 12.4. The highest BCUT2D eigenvalue weighted by atomic mass is 32.2. The van der Waals surface area contributed by atoms with Crippen LogP contribution in [0.2, 0.25) is 0 Å². The van der Waals surface area contributed by atoms with Crippen LogP contribution >= 0.6 is 11.3 Å². The zero-order valence-electron chi connectivity index (χ0n) is 11.7. The van der Waals surface area contributed by atoms with Crippen molar-refractivity contribution in [1.82, 2.24) is 4.98 Å². The Morgan fingerprint density at radius 2 is 2.14 bits per heavy atom. The number of methoxy groups -OCH3 is 1. The van der Waals surface area contributed by atoms with Crippen molar-refractivity contribution in [1.29, 1.82) is 0 Å². The molecular formula is C12H16N2O5S2. The first-order valence-electron chi connectivity index (χ1n) is 6.41. The molecule has 0 spiro atoms. The highest BCUT2D eigenvalue weighted by Crippen LogP contribution is 2.33. The number of nitrogens with one attached hydrogen (secondary N) is 1. The number of ketones is 1. The molecule has 2 rings (SSSR count). The molecule has 0 radical (unpaired) electrons. The molecule has 0 aromatic carbocycles. The van der Waals surface area contributed by atoms with Gasteiger partial charge in [0.15, 0.2) is 10.9 Å². The van der Waals surface area contributed by atoms with Crippen molar-refractivity contribution >= 4 is 38.2 Å². The fourth-order valence-electron chi connectivity index (χ4n) is 2.40. The summed E-state index contributed by atoms with van der Waals surface area (Å²) in [5.41, 5.74) is 0.216. The van der Waals surface area contributed by atoms with Crippen LogP contribution in [0.3, 0.4) is 0 Å². The molecule has 1 saturated carbocycles. The maximum absolute atomic E-state index is 12.4. The monoisotopic (exact) mass is 332 g/mol. The number of esters is 1. The van der Waals surface area contributed by atoms with Crippen molar-refractivity contribution in [3.05, 3.63) is 11.1 Å². The average molecular weight is 332 g/mol. The number of rotatable bonds is 5. The molecule has 1 aliphatic carbocycles. The lowest BCUT2D eigenvalue weighted by atomic mass is 10.1. The summed E-state index contributed by atoms with van der Waals surface area (Å²) in [6.07, 6.45) is 1.55. The summed E-state index contributed by atoms with van der Waals surface area (Å²) in [6.45, 7) is 1.36. The number of anilines is 1. The first-order valence-corrected chi connectivity index (χ1v) is 8.83. The van der Waals surface area contributed by atoms with Gasteiger partial charge in [-0.15, -0.1) is 11.3 Å². The van der Waals surface area contributed by atoms with Gasteiger partial charge in [-0.05, 0) is 12.8 Å². The minimum atomic E-state index is -3.74. The lowest BCUT2D eigenvalue weighted by Gasteiger charge is -2.17. The van der Waals surface area contributed by atoms with E-state index in [0.29, 0.717) is 19.3 Å². The molecule has 9 heteroatoms. The van der Waals surface area contributed by atoms with Gasteiger partial charge in [-0.25, -0.2) is 13.4 Å². The third kappa shape index (κ3) is 3.41. The van der Waals surface area contributed by atoms with Crippen LogP contribution < -0.4 is 4.72 Å². The standard InChI is InChI=1S/C12H16N2O5S2/c1-7(15)9-6-20-12(13-9)14-21(17,18)10-5-3-4-8(10)11(16)19-2/h6,8,10H,3-5H2,1-2H3,(H,13,14). The number of carbonyl (C=O) groups excluding carboxylic acids is 2. The number of hydrogen-bond donors (Lipinski definition) is 1. The van der Waals surface area contributed by atoms with Gasteiger partial charge in [0.2, 0.25) is 10.0 Å². The molecule has 0 amide bonds. The molecular weight excluding hydrogens is 316 g/mol. The predicted octanol–water partition coefficient (Wildman–Crippen LogP) is 1.43. The maximum Gasteiger partial charge on any atom is 0.310 e. The Balaban J connectivity index is 2.17. The number of hydrogen-bond acceptors (Lipinski definition) is 7. The van der Waals surface area contributed by atoms with Gasteiger partial charge in [-0.3, -0.25) is 14.3 Å². The highest BCUT2D eigenvalue weighted by molar-refractivity contribution is 7.93. The first kappa shape index (κ1) is 15.9. The van der Waals surface area contributed by atoms with Crippen LogP contribution in [0.1, 0.15) is 36.7 Å². The van der Waals surface area contributed by atoms with E-state index in [1.807, 2.05) is 0 Å². The number of aromatic nitrogens is 1. The first-order chi connectivity index (χ1) is 9.85. The van der Waals surface area contributed by atoms with Crippen LogP contribution in [0.15, 0.2) is 5.38 Å². The molecule has 116 valence electrons. The van der Waals surface area contributed by atoms with Crippen LogP contribution in [0.25, 0.3) is 0 Å². The SMILES string of the molecule is COC(=O)C1CCCC1S(=O)(=O)Nc1nc(C(C)=O)cs1. The van der Waals surface area contributed by atoms with E-state index in [0.717, 1.165) is 11.3 Å². The van der Waals surface area contributed by atoms with Crippen molar-refractivity contribution in [3.8, 4) is 0 Å². The van der Waals surface area contributed by atoms with Gasteiger partial charge in [0.05, 0.1) is 18.3 Å². The van der Waals surface area contributed by atoms with E-state index in [1.165, 1.54) is 19.4 Å². The predicted molar refractivity (Wildman–Crippen MR) is 77.8 cm³/mol. The Bertz CT molecular complexity index is 652. The van der Waals surface area contributed by atoms with E-state index in [4.69, 9.17) is 0 Å². The third-order valence-electron chi connectivity index (χ3n) is 3.45. The zero-order chi connectivity index (χ0) is 15.6. The summed E-state index contributed by atoms with van der Waals surface area (Å²) in [7, 11) is -2.50. The Kier molecular flexibility index (Phi) is 4.62. The Morgan fingerprint density at radius 1 is 1.43 bits per heavy atom. The van der Waals surface area contributed by atoms with Crippen molar-refractivity contribution in [2.24, 2.45) is 5.92 Å². The fraction of sp³-hybridized carbons (Fsp3) is 0.583. The minimum Gasteiger partial charge on any atom is -0.469 e. The molecule has 1 N–H and O–H groups in total. The van der Waals surface area contributed by atoms with E-state index in [9.17, 15) is 18.0 Å². The number of sulfonamides is 1. The van der Waals surface area contributed by atoms with Crippen molar-refractivity contribution in [2.75, 3.05) is 11.8 Å². The molecule has 7 nitrogen and oxygen atoms in total. The van der Waals surface area contributed by atoms with Gasteiger partial charge < -0.3 is 4.74 Å². The number of carbonyl (C=O) groups is 2. The largest absolute Gasteiger partial charge is 0.469 e. The Hall–Kier alpha value is -1.48. The van der Waals surface area contributed by atoms with E-state index < -0.39 is 27.2 Å². The second-order valence-electron chi connectivity index (χ2n) is 4.84. The van der Waals surface area contributed by atoms with E-state index >= 15 is 0 Å². The summed E-state index contributed by atoms with van der Waals surface area (Å²) in [6, 6.07) is 0. The van der Waals surface area contributed by atoms with Crippen LogP contribution in [-0.2, 0) is 19.6 Å². The van der Waals surface area contributed by atoms with E-state index in [1.54, 1.807) is 0 Å². The molecule has 0 aliphatic heterocycles. The lowest BCUT2D eigenvalue weighted by molar-refractivity contribution is -0.145. The summed E-state index contributed by atoms with van der Waals surface area (Å²) in [4.78, 5) is 26.7. The van der Waals surface area contributed by atoms with Crippen LogP contribution in [0.5, 0.6) is 0 Å². The summed E-state index contributed by atoms with van der Waals surface area (Å²) < 4.78 is 31.8. The van der Waals surface area contributed by atoms with E-state index in [2.05, 4.69) is 14.4 Å². The molecule has 1 heterocycles. The topological polar surface area (TPSA) is 102 Å². The molecule has 1 aromatic heterocycles. The summed E-state index contributed by atoms with van der Waals surface area (Å²) in [5, 5.41) is 0.803. The summed E-state index contributed by atoms with van der Waals surface area (Å²) >= 11 is 1.04. The fourth-order valence-corrected chi connectivity index (χ4v) is 5.13. The molecule has 1 aromatic rings. The molecule has 1 aliphatic rings. The third-order valence-corrected chi connectivity index (χ3v) is 6.18. The van der Waals surface area contributed by atoms with Gasteiger partial charge in [-0.2, -0.15) is 0 Å². The average Bonchev–Trinajstić information content (AvgIpc) is 3.05. The molecule has 2 unspecified atom stereocenters. The van der Waals surface area contributed by atoms with E-state index in [-0.39, 0.29) is 16.6 Å². The molecule has 0 bridgehead atoms. The van der Waals surface area contributed by atoms with Crippen LogP contribution in [0.4, 0.5) is 5.13 Å². The van der Waals surface area contributed by atoms with Gasteiger partial charge in [0.25, 0.3) is 0 Å². The highest BCUT2D eigenvalue weighted by Gasteiger charge is 2.42. The van der Waals surface area contributed by atoms with Gasteiger partial charge in [0.1, 0.15) is 5.69 Å². The van der Waals surface area contributed by atoms with Crippen LogP contribution in [-0.4, -0.2) is 37.5 Å². The molecule has 2 atom stereocenters.